The number of hydrogen-bond acceptors (Lipinski definition) is 3. The number of halogens is 2. The molecule has 2 aromatic rings. The van der Waals surface area contributed by atoms with Crippen molar-refractivity contribution in [3.8, 4) is 0 Å². The molecule has 0 radical (unpaired) electrons. The van der Waals surface area contributed by atoms with Crippen LogP contribution in [0.3, 0.4) is 0 Å². The summed E-state index contributed by atoms with van der Waals surface area (Å²) >= 11 is 6.01. The molecule has 1 aromatic heterocycles. The minimum absolute atomic E-state index is 0.0519. The molecule has 0 N–H and O–H groups in total. The van der Waals surface area contributed by atoms with Crippen molar-refractivity contribution < 1.29 is 9.13 Å². The number of hydrogen-bond donors (Lipinski definition) is 0. The van der Waals surface area contributed by atoms with E-state index in [4.69, 9.17) is 16.3 Å². The minimum atomic E-state index is -1.17. The summed E-state index contributed by atoms with van der Waals surface area (Å²) in [6.45, 7) is 7.39. The zero-order chi connectivity index (χ0) is 15.6. The zero-order valence-electron chi connectivity index (χ0n) is 12.3. The summed E-state index contributed by atoms with van der Waals surface area (Å²) in [7, 11) is -1.17. The SMILES string of the molecule is C[Si](C)(C)CCOCn1nc(Cl)c2cc(F)ccc2c1=O. The fourth-order valence-electron chi connectivity index (χ4n) is 1.83. The van der Waals surface area contributed by atoms with E-state index in [9.17, 15) is 9.18 Å². The normalized spacial score (nSPS) is 12.0. The fourth-order valence-corrected chi connectivity index (χ4v) is 2.84. The van der Waals surface area contributed by atoms with Gasteiger partial charge in [0.1, 0.15) is 12.5 Å². The quantitative estimate of drug-likeness (QED) is 0.623. The summed E-state index contributed by atoms with van der Waals surface area (Å²) < 4.78 is 19.9. The van der Waals surface area contributed by atoms with Crippen molar-refractivity contribution in [2.24, 2.45) is 0 Å². The minimum Gasteiger partial charge on any atom is -0.359 e. The molecule has 0 aliphatic heterocycles. The van der Waals surface area contributed by atoms with Gasteiger partial charge in [0.05, 0.1) is 5.39 Å². The third kappa shape index (κ3) is 4.12. The van der Waals surface area contributed by atoms with Gasteiger partial charge in [-0.1, -0.05) is 31.2 Å². The molecule has 1 heterocycles. The lowest BCUT2D eigenvalue weighted by atomic mass is 10.2. The highest BCUT2D eigenvalue weighted by atomic mass is 35.5. The first-order chi connectivity index (χ1) is 9.78. The molecule has 0 saturated heterocycles. The van der Waals surface area contributed by atoms with Gasteiger partial charge >= 0.3 is 0 Å². The average molecular weight is 329 g/mol. The lowest BCUT2D eigenvalue weighted by molar-refractivity contribution is 0.0755. The zero-order valence-corrected chi connectivity index (χ0v) is 14.1. The van der Waals surface area contributed by atoms with Crippen LogP contribution < -0.4 is 5.56 Å². The molecule has 0 atom stereocenters. The van der Waals surface area contributed by atoms with Gasteiger partial charge in [0, 0.05) is 20.1 Å². The smallest absolute Gasteiger partial charge is 0.276 e. The highest BCUT2D eigenvalue weighted by Crippen LogP contribution is 2.19. The Balaban J connectivity index is 2.20. The van der Waals surface area contributed by atoms with Gasteiger partial charge in [-0.3, -0.25) is 4.79 Å². The van der Waals surface area contributed by atoms with Gasteiger partial charge in [0.25, 0.3) is 5.56 Å². The summed E-state index contributed by atoms with van der Waals surface area (Å²) in [5, 5.41) is 4.72. The molecule has 21 heavy (non-hydrogen) atoms. The van der Waals surface area contributed by atoms with E-state index in [-0.39, 0.29) is 17.4 Å². The Hall–Kier alpha value is -1.24. The van der Waals surface area contributed by atoms with Gasteiger partial charge in [-0.15, -0.1) is 0 Å². The van der Waals surface area contributed by atoms with Gasteiger partial charge in [0.15, 0.2) is 5.15 Å². The van der Waals surface area contributed by atoms with Crippen molar-refractivity contribution in [3.05, 3.63) is 39.5 Å². The second-order valence-corrected chi connectivity index (χ2v) is 12.1. The molecule has 1 aromatic carbocycles. The second-order valence-electron chi connectivity index (χ2n) is 6.13. The molecule has 4 nitrogen and oxygen atoms in total. The summed E-state index contributed by atoms with van der Waals surface area (Å²) in [6, 6.07) is 4.87. The number of ether oxygens (including phenoxy) is 1. The lowest BCUT2D eigenvalue weighted by Gasteiger charge is -2.15. The first-order valence-electron chi connectivity index (χ1n) is 6.71. The first-order valence-corrected chi connectivity index (χ1v) is 10.8. The Morgan fingerprint density at radius 3 is 2.71 bits per heavy atom. The van der Waals surface area contributed by atoms with Crippen LogP contribution >= 0.6 is 11.6 Å². The molecule has 0 aliphatic carbocycles. The molecular formula is C14H18ClFN2O2Si. The summed E-state index contributed by atoms with van der Waals surface area (Å²) in [5.41, 5.74) is -0.331. The molecule has 0 unspecified atom stereocenters. The largest absolute Gasteiger partial charge is 0.359 e. The molecular weight excluding hydrogens is 311 g/mol. The van der Waals surface area contributed by atoms with Crippen molar-refractivity contribution in [1.82, 2.24) is 9.78 Å². The Bertz CT molecular complexity index is 712. The van der Waals surface area contributed by atoms with Gasteiger partial charge in [0.2, 0.25) is 0 Å². The fraction of sp³-hybridized carbons (Fsp3) is 0.429. The van der Waals surface area contributed by atoms with E-state index in [0.717, 1.165) is 6.04 Å². The van der Waals surface area contributed by atoms with Crippen LogP contribution in [-0.4, -0.2) is 24.5 Å². The van der Waals surface area contributed by atoms with E-state index >= 15 is 0 Å². The lowest BCUT2D eigenvalue weighted by Crippen LogP contribution is -2.26. The maximum atomic E-state index is 13.2. The highest BCUT2D eigenvalue weighted by Gasteiger charge is 2.13. The average Bonchev–Trinajstić information content (AvgIpc) is 2.39. The molecule has 0 spiro atoms. The third-order valence-electron chi connectivity index (χ3n) is 3.09. The Morgan fingerprint density at radius 1 is 1.33 bits per heavy atom. The van der Waals surface area contributed by atoms with Crippen LogP contribution in [0.25, 0.3) is 10.8 Å². The predicted molar refractivity (Wildman–Crippen MR) is 85.1 cm³/mol. The van der Waals surface area contributed by atoms with E-state index in [2.05, 4.69) is 24.7 Å². The third-order valence-corrected chi connectivity index (χ3v) is 5.07. The maximum absolute atomic E-state index is 13.2. The molecule has 7 heteroatoms. The standard InChI is InChI=1S/C14H18ClFN2O2Si/c1-21(2,3)7-6-20-9-18-14(19)11-5-4-10(16)8-12(11)13(15)17-18/h4-5,8H,6-7,9H2,1-3H3. The number of fused-ring (bicyclic) bond motifs is 1. The van der Waals surface area contributed by atoms with E-state index in [1.54, 1.807) is 0 Å². The van der Waals surface area contributed by atoms with E-state index in [1.807, 2.05) is 0 Å². The molecule has 0 fully saturated rings. The molecule has 0 bridgehead atoms. The van der Waals surface area contributed by atoms with Crippen LogP contribution in [0.1, 0.15) is 0 Å². The van der Waals surface area contributed by atoms with E-state index in [0.29, 0.717) is 17.4 Å². The Morgan fingerprint density at radius 2 is 2.05 bits per heavy atom. The van der Waals surface area contributed by atoms with Crippen LogP contribution in [0, 0.1) is 5.82 Å². The number of aromatic nitrogens is 2. The topological polar surface area (TPSA) is 44.1 Å². The summed E-state index contributed by atoms with van der Waals surface area (Å²) in [5.74, 6) is -0.449. The summed E-state index contributed by atoms with van der Waals surface area (Å²) in [4.78, 5) is 12.2. The Labute approximate surface area is 128 Å². The highest BCUT2D eigenvalue weighted by molar-refractivity contribution is 6.76. The van der Waals surface area contributed by atoms with Crippen molar-refractivity contribution in [2.75, 3.05) is 6.61 Å². The molecule has 114 valence electrons. The van der Waals surface area contributed by atoms with Crippen molar-refractivity contribution in [3.63, 3.8) is 0 Å². The van der Waals surface area contributed by atoms with E-state index in [1.165, 1.54) is 22.9 Å². The molecule has 0 aliphatic rings. The van der Waals surface area contributed by atoms with Crippen molar-refractivity contribution >= 4 is 30.4 Å². The molecule has 0 saturated carbocycles. The number of benzene rings is 1. The van der Waals surface area contributed by atoms with Crippen LogP contribution in [0.5, 0.6) is 0 Å². The van der Waals surface area contributed by atoms with Crippen LogP contribution in [0.4, 0.5) is 4.39 Å². The van der Waals surface area contributed by atoms with Crippen molar-refractivity contribution in [1.29, 1.82) is 0 Å². The van der Waals surface area contributed by atoms with Gasteiger partial charge in [-0.25, -0.2) is 9.07 Å². The second kappa shape index (κ2) is 6.25. The Kier molecular flexibility index (Phi) is 4.80. The first kappa shape index (κ1) is 16.1. The summed E-state index contributed by atoms with van der Waals surface area (Å²) in [6.07, 6.45) is 0. The predicted octanol–water partition coefficient (Wildman–Crippen LogP) is 3.50. The van der Waals surface area contributed by atoms with Crippen LogP contribution in [-0.2, 0) is 11.5 Å². The van der Waals surface area contributed by atoms with Crippen molar-refractivity contribution in [2.45, 2.75) is 32.4 Å². The van der Waals surface area contributed by atoms with E-state index < -0.39 is 13.9 Å². The molecule has 0 amide bonds. The molecule has 2 rings (SSSR count). The maximum Gasteiger partial charge on any atom is 0.276 e. The number of nitrogens with zero attached hydrogens (tertiary/aromatic N) is 2. The van der Waals surface area contributed by atoms with Crippen LogP contribution in [0.2, 0.25) is 30.8 Å². The monoisotopic (exact) mass is 328 g/mol. The number of rotatable bonds is 5. The van der Waals surface area contributed by atoms with Gasteiger partial charge in [-0.2, -0.15) is 5.10 Å². The van der Waals surface area contributed by atoms with Gasteiger partial charge in [-0.05, 0) is 24.2 Å². The van der Waals surface area contributed by atoms with Gasteiger partial charge < -0.3 is 4.74 Å². The van der Waals surface area contributed by atoms with Crippen LogP contribution in [0.15, 0.2) is 23.0 Å².